The van der Waals surface area contributed by atoms with Crippen molar-refractivity contribution in [3.8, 4) is 0 Å². The summed E-state index contributed by atoms with van der Waals surface area (Å²) in [5.41, 5.74) is 0. The van der Waals surface area contributed by atoms with Gasteiger partial charge in [0.1, 0.15) is 0 Å². The van der Waals surface area contributed by atoms with Crippen LogP contribution in [0.2, 0.25) is 0 Å². The maximum Gasteiger partial charge on any atom is 0.0549 e. The van der Waals surface area contributed by atoms with Gasteiger partial charge in [-0.05, 0) is 48.4 Å². The zero-order valence-corrected chi connectivity index (χ0v) is 12.8. The maximum atomic E-state index is 9.67. The standard InChI is InChI=1S/C11H24O3S3/c1-2-9(12)3-4-10(13)5-6-11(14)7-8-16-17-15/h9-15H,2-8H2,1H3. The summed E-state index contributed by atoms with van der Waals surface area (Å²) < 4.78 is 0. The number of hydrogen-bond donors (Lipinski definition) is 4. The van der Waals surface area contributed by atoms with E-state index in [1.165, 1.54) is 9.83 Å². The highest BCUT2D eigenvalue weighted by Crippen LogP contribution is 2.26. The fourth-order valence-electron chi connectivity index (χ4n) is 1.48. The van der Waals surface area contributed by atoms with Gasteiger partial charge in [-0.3, -0.25) is 0 Å². The summed E-state index contributed by atoms with van der Waals surface area (Å²) in [6.45, 7) is 1.93. The van der Waals surface area contributed by atoms with Crippen molar-refractivity contribution in [2.75, 3.05) is 5.75 Å². The molecule has 0 aliphatic carbocycles. The first-order valence-corrected chi connectivity index (χ1v) is 9.44. The molecule has 0 aliphatic rings. The van der Waals surface area contributed by atoms with Crippen LogP contribution >= 0.6 is 32.3 Å². The van der Waals surface area contributed by atoms with Crippen LogP contribution in [0.5, 0.6) is 0 Å². The lowest BCUT2D eigenvalue weighted by molar-refractivity contribution is 0.0868. The molecule has 0 rings (SSSR count). The number of aliphatic hydroxyl groups excluding tert-OH is 3. The van der Waals surface area contributed by atoms with E-state index >= 15 is 0 Å². The highest BCUT2D eigenvalue weighted by Gasteiger charge is 2.11. The second kappa shape index (κ2) is 12.0. The summed E-state index contributed by atoms with van der Waals surface area (Å²) in [6.07, 6.45) is 2.90. The van der Waals surface area contributed by atoms with E-state index in [9.17, 15) is 15.3 Å². The molecule has 0 fully saturated rings. The predicted octanol–water partition coefficient (Wildman–Crippen LogP) is 2.66. The van der Waals surface area contributed by atoms with E-state index in [1.54, 1.807) is 10.8 Å². The molecule has 0 aromatic heterocycles. The fraction of sp³-hybridized carbons (Fsp3) is 1.00. The molecule has 3 N–H and O–H groups in total. The molecule has 0 bridgehead atoms. The third-order valence-corrected chi connectivity index (χ3v) is 5.00. The van der Waals surface area contributed by atoms with Crippen molar-refractivity contribution < 1.29 is 15.3 Å². The first kappa shape index (κ1) is 17.9. The van der Waals surface area contributed by atoms with Gasteiger partial charge in [-0.25, -0.2) is 0 Å². The van der Waals surface area contributed by atoms with E-state index in [0.717, 1.165) is 18.6 Å². The molecular formula is C11H24O3S3. The zero-order valence-electron chi connectivity index (χ0n) is 10.3. The van der Waals surface area contributed by atoms with Gasteiger partial charge in [0.15, 0.2) is 0 Å². The third kappa shape index (κ3) is 11.7. The topological polar surface area (TPSA) is 60.7 Å². The smallest absolute Gasteiger partial charge is 0.0549 e. The van der Waals surface area contributed by atoms with Crippen molar-refractivity contribution >= 4 is 32.3 Å². The second-order valence-electron chi connectivity index (χ2n) is 4.21. The van der Waals surface area contributed by atoms with Crippen molar-refractivity contribution in [3.63, 3.8) is 0 Å². The van der Waals surface area contributed by atoms with E-state index in [1.807, 2.05) is 6.92 Å². The fourth-order valence-corrected chi connectivity index (χ4v) is 3.11. The first-order valence-electron chi connectivity index (χ1n) is 6.07. The SMILES string of the molecule is CCC(O)CCC(O)CCC(O)CCSSS. The van der Waals surface area contributed by atoms with E-state index in [2.05, 4.69) is 11.7 Å². The lowest BCUT2D eigenvalue weighted by Crippen LogP contribution is -2.16. The first-order chi connectivity index (χ1) is 8.10. The second-order valence-corrected chi connectivity index (χ2v) is 7.50. The van der Waals surface area contributed by atoms with Crippen molar-refractivity contribution in [2.45, 2.75) is 63.8 Å². The van der Waals surface area contributed by atoms with Crippen LogP contribution in [0, 0.1) is 0 Å². The Labute approximate surface area is 117 Å². The zero-order chi connectivity index (χ0) is 13.1. The molecule has 0 heterocycles. The molecule has 0 radical (unpaired) electrons. The lowest BCUT2D eigenvalue weighted by Gasteiger charge is -2.15. The number of thiol groups is 1. The van der Waals surface area contributed by atoms with Crippen molar-refractivity contribution in [1.29, 1.82) is 0 Å². The van der Waals surface area contributed by atoms with Crippen LogP contribution in [0.4, 0.5) is 0 Å². The minimum atomic E-state index is -0.405. The van der Waals surface area contributed by atoms with Gasteiger partial charge < -0.3 is 15.3 Å². The van der Waals surface area contributed by atoms with Crippen LogP contribution in [0.15, 0.2) is 0 Å². The summed E-state index contributed by atoms with van der Waals surface area (Å²) in [5, 5.41) is 28.7. The van der Waals surface area contributed by atoms with Crippen LogP contribution in [-0.4, -0.2) is 39.4 Å². The monoisotopic (exact) mass is 300 g/mol. The van der Waals surface area contributed by atoms with Crippen molar-refractivity contribution in [1.82, 2.24) is 0 Å². The molecular weight excluding hydrogens is 276 g/mol. The Kier molecular flexibility index (Phi) is 12.6. The molecule has 17 heavy (non-hydrogen) atoms. The van der Waals surface area contributed by atoms with Gasteiger partial charge in [0, 0.05) is 5.75 Å². The molecule has 0 aromatic rings. The minimum Gasteiger partial charge on any atom is -0.393 e. The van der Waals surface area contributed by atoms with Gasteiger partial charge in [-0.1, -0.05) is 29.4 Å². The van der Waals surface area contributed by atoms with Crippen molar-refractivity contribution in [3.05, 3.63) is 0 Å². The van der Waals surface area contributed by atoms with Gasteiger partial charge in [0.05, 0.1) is 18.3 Å². The van der Waals surface area contributed by atoms with Gasteiger partial charge in [-0.2, -0.15) is 0 Å². The quantitative estimate of drug-likeness (QED) is 0.268. The summed E-state index contributed by atoms with van der Waals surface area (Å²) in [6, 6.07) is 0. The van der Waals surface area contributed by atoms with Crippen LogP contribution < -0.4 is 0 Å². The molecule has 0 amide bonds. The van der Waals surface area contributed by atoms with E-state index in [0.29, 0.717) is 25.7 Å². The Bertz CT molecular complexity index is 172. The Morgan fingerprint density at radius 3 is 1.82 bits per heavy atom. The predicted molar refractivity (Wildman–Crippen MR) is 80.4 cm³/mol. The van der Waals surface area contributed by atoms with Gasteiger partial charge in [0.2, 0.25) is 0 Å². The highest BCUT2D eigenvalue weighted by atomic mass is 33.5. The minimum absolute atomic E-state index is 0.307. The summed E-state index contributed by atoms with van der Waals surface area (Å²) in [4.78, 5) is 0. The Hall–Kier alpha value is 0.930. The molecule has 6 heteroatoms. The molecule has 0 saturated carbocycles. The van der Waals surface area contributed by atoms with Crippen LogP contribution in [0.1, 0.15) is 45.4 Å². The summed E-state index contributed by atoms with van der Waals surface area (Å²) in [5.74, 6) is 0.875. The van der Waals surface area contributed by atoms with E-state index in [-0.39, 0.29) is 12.2 Å². The summed E-state index contributed by atoms with van der Waals surface area (Å²) in [7, 11) is 3.02. The Morgan fingerprint density at radius 1 is 0.882 bits per heavy atom. The Balaban J connectivity index is 3.44. The largest absolute Gasteiger partial charge is 0.393 e. The van der Waals surface area contributed by atoms with Crippen LogP contribution in [-0.2, 0) is 0 Å². The average molecular weight is 301 g/mol. The molecule has 0 aliphatic heterocycles. The Morgan fingerprint density at radius 2 is 1.35 bits per heavy atom. The van der Waals surface area contributed by atoms with Gasteiger partial charge in [0.25, 0.3) is 0 Å². The molecule has 3 unspecified atom stereocenters. The maximum absolute atomic E-state index is 9.67. The third-order valence-electron chi connectivity index (χ3n) is 2.72. The number of aliphatic hydroxyl groups is 3. The van der Waals surface area contributed by atoms with E-state index in [4.69, 9.17) is 0 Å². The number of hydrogen-bond acceptors (Lipinski definition) is 6. The molecule has 0 aromatic carbocycles. The van der Waals surface area contributed by atoms with Crippen LogP contribution in [0.3, 0.4) is 0 Å². The molecule has 0 spiro atoms. The molecule has 0 saturated heterocycles. The molecule has 3 atom stereocenters. The summed E-state index contributed by atoms with van der Waals surface area (Å²) >= 11 is 4.00. The highest BCUT2D eigenvalue weighted by molar-refractivity contribution is 9.05. The average Bonchev–Trinajstić information content (AvgIpc) is 2.33. The van der Waals surface area contributed by atoms with E-state index < -0.39 is 6.10 Å². The van der Waals surface area contributed by atoms with Gasteiger partial charge >= 0.3 is 0 Å². The number of rotatable bonds is 11. The lowest BCUT2D eigenvalue weighted by atomic mass is 10.0. The van der Waals surface area contributed by atoms with Crippen molar-refractivity contribution in [2.24, 2.45) is 0 Å². The normalized spacial score (nSPS) is 16.8. The van der Waals surface area contributed by atoms with Gasteiger partial charge in [-0.15, -0.1) is 0 Å². The molecule has 104 valence electrons. The van der Waals surface area contributed by atoms with Crippen LogP contribution in [0.25, 0.3) is 0 Å². The molecule has 3 nitrogen and oxygen atoms in total.